The van der Waals surface area contributed by atoms with Gasteiger partial charge in [-0.3, -0.25) is 4.79 Å². The number of benzene rings is 1. The standard InChI is InChI=1S/C10H14N2O2/c1-6(2)14-9-4-3-7(10(12)13)5-8(9)11/h3-6H,11H2,1-2H3,(H2,12,13). The predicted molar refractivity (Wildman–Crippen MR) is 55.1 cm³/mol. The van der Waals surface area contributed by atoms with Crippen molar-refractivity contribution in [3.63, 3.8) is 0 Å². The molecule has 0 spiro atoms. The van der Waals surface area contributed by atoms with E-state index in [1.165, 1.54) is 6.07 Å². The van der Waals surface area contributed by atoms with Crippen molar-refractivity contribution in [2.24, 2.45) is 5.73 Å². The van der Waals surface area contributed by atoms with Gasteiger partial charge in [0, 0.05) is 5.56 Å². The average Bonchev–Trinajstić information content (AvgIpc) is 2.07. The molecule has 1 rings (SSSR count). The van der Waals surface area contributed by atoms with Crippen molar-refractivity contribution in [3.8, 4) is 5.75 Å². The summed E-state index contributed by atoms with van der Waals surface area (Å²) in [6, 6.07) is 4.76. The molecule has 0 radical (unpaired) electrons. The molecule has 1 amide bonds. The molecule has 0 aliphatic carbocycles. The average molecular weight is 194 g/mol. The van der Waals surface area contributed by atoms with Crippen molar-refractivity contribution >= 4 is 11.6 Å². The quantitative estimate of drug-likeness (QED) is 0.708. The van der Waals surface area contributed by atoms with Crippen LogP contribution in [0.1, 0.15) is 24.2 Å². The number of nitrogen functional groups attached to an aromatic ring is 1. The van der Waals surface area contributed by atoms with Gasteiger partial charge in [-0.1, -0.05) is 0 Å². The second-order valence-electron chi connectivity index (χ2n) is 3.28. The lowest BCUT2D eigenvalue weighted by molar-refractivity contribution is 0.100. The monoisotopic (exact) mass is 194 g/mol. The highest BCUT2D eigenvalue weighted by molar-refractivity contribution is 5.94. The highest BCUT2D eigenvalue weighted by Crippen LogP contribution is 2.23. The van der Waals surface area contributed by atoms with E-state index in [1.807, 2.05) is 13.8 Å². The summed E-state index contributed by atoms with van der Waals surface area (Å²) < 4.78 is 5.40. The Morgan fingerprint density at radius 2 is 2.07 bits per heavy atom. The third-order valence-corrected chi connectivity index (χ3v) is 1.66. The molecule has 0 unspecified atom stereocenters. The summed E-state index contributed by atoms with van der Waals surface area (Å²) in [6.07, 6.45) is 0.0525. The highest BCUT2D eigenvalue weighted by Gasteiger charge is 2.06. The van der Waals surface area contributed by atoms with Crippen LogP contribution in [0, 0.1) is 0 Å². The Morgan fingerprint density at radius 1 is 1.43 bits per heavy atom. The highest BCUT2D eigenvalue weighted by atomic mass is 16.5. The molecule has 4 nitrogen and oxygen atoms in total. The van der Waals surface area contributed by atoms with Gasteiger partial charge in [0.1, 0.15) is 5.75 Å². The molecule has 0 aliphatic heterocycles. The van der Waals surface area contributed by atoms with E-state index in [2.05, 4.69) is 0 Å². The van der Waals surface area contributed by atoms with Gasteiger partial charge in [0.2, 0.25) is 5.91 Å². The van der Waals surface area contributed by atoms with Gasteiger partial charge >= 0.3 is 0 Å². The Hall–Kier alpha value is -1.71. The molecule has 0 aromatic heterocycles. The number of rotatable bonds is 3. The van der Waals surface area contributed by atoms with Gasteiger partial charge in [0.25, 0.3) is 0 Å². The molecule has 0 bridgehead atoms. The van der Waals surface area contributed by atoms with Crippen LogP contribution in [0.2, 0.25) is 0 Å². The largest absolute Gasteiger partial charge is 0.489 e. The Labute approximate surface area is 82.8 Å². The van der Waals surface area contributed by atoms with Crippen LogP contribution in [-0.4, -0.2) is 12.0 Å². The number of nitrogens with two attached hydrogens (primary N) is 2. The molecular formula is C10H14N2O2. The molecule has 14 heavy (non-hydrogen) atoms. The van der Waals surface area contributed by atoms with Crippen molar-refractivity contribution < 1.29 is 9.53 Å². The smallest absolute Gasteiger partial charge is 0.248 e. The molecule has 0 heterocycles. The molecule has 0 aliphatic rings. The molecule has 1 aromatic rings. The van der Waals surface area contributed by atoms with E-state index in [0.717, 1.165) is 0 Å². The molecule has 1 aromatic carbocycles. The minimum absolute atomic E-state index is 0.0525. The van der Waals surface area contributed by atoms with Gasteiger partial charge in [-0.2, -0.15) is 0 Å². The van der Waals surface area contributed by atoms with Crippen LogP contribution in [0.5, 0.6) is 5.75 Å². The van der Waals surface area contributed by atoms with Gasteiger partial charge in [-0.05, 0) is 32.0 Å². The second-order valence-corrected chi connectivity index (χ2v) is 3.28. The van der Waals surface area contributed by atoms with E-state index in [4.69, 9.17) is 16.2 Å². The number of amides is 1. The normalized spacial score (nSPS) is 10.2. The first-order valence-electron chi connectivity index (χ1n) is 4.36. The zero-order valence-corrected chi connectivity index (χ0v) is 8.28. The second kappa shape index (κ2) is 4.00. The van der Waals surface area contributed by atoms with Gasteiger partial charge in [0.05, 0.1) is 11.8 Å². The fourth-order valence-electron chi connectivity index (χ4n) is 1.06. The zero-order valence-electron chi connectivity index (χ0n) is 8.28. The Bertz CT molecular complexity index is 348. The maximum absolute atomic E-state index is 10.8. The summed E-state index contributed by atoms with van der Waals surface area (Å²) in [5.41, 5.74) is 11.6. The molecule has 0 saturated carbocycles. The van der Waals surface area contributed by atoms with Crippen molar-refractivity contribution in [2.75, 3.05) is 5.73 Å². The molecule has 0 saturated heterocycles. The van der Waals surface area contributed by atoms with Crippen molar-refractivity contribution in [2.45, 2.75) is 20.0 Å². The van der Waals surface area contributed by atoms with Crippen LogP contribution in [0.3, 0.4) is 0 Å². The minimum atomic E-state index is -0.493. The third kappa shape index (κ3) is 2.39. The summed E-state index contributed by atoms with van der Waals surface area (Å²) in [6.45, 7) is 3.81. The number of anilines is 1. The summed E-state index contributed by atoms with van der Waals surface area (Å²) in [7, 11) is 0. The lowest BCUT2D eigenvalue weighted by Gasteiger charge is -2.12. The maximum Gasteiger partial charge on any atom is 0.248 e. The molecular weight excluding hydrogens is 180 g/mol. The van der Waals surface area contributed by atoms with Crippen molar-refractivity contribution in [1.29, 1.82) is 0 Å². The van der Waals surface area contributed by atoms with Crippen LogP contribution in [0.4, 0.5) is 5.69 Å². The van der Waals surface area contributed by atoms with Gasteiger partial charge in [0.15, 0.2) is 0 Å². The molecule has 4 heteroatoms. The van der Waals surface area contributed by atoms with Crippen LogP contribution >= 0.6 is 0 Å². The van der Waals surface area contributed by atoms with Crippen LogP contribution in [0.15, 0.2) is 18.2 Å². The van der Waals surface area contributed by atoms with Crippen LogP contribution < -0.4 is 16.2 Å². The minimum Gasteiger partial charge on any atom is -0.489 e. The van der Waals surface area contributed by atoms with Gasteiger partial charge < -0.3 is 16.2 Å². The van der Waals surface area contributed by atoms with Crippen molar-refractivity contribution in [1.82, 2.24) is 0 Å². The van der Waals surface area contributed by atoms with E-state index in [0.29, 0.717) is 17.0 Å². The maximum atomic E-state index is 10.8. The molecule has 76 valence electrons. The fourth-order valence-corrected chi connectivity index (χ4v) is 1.06. The lowest BCUT2D eigenvalue weighted by Crippen LogP contribution is -2.12. The SMILES string of the molecule is CC(C)Oc1ccc(C(N)=O)cc1N. The Kier molecular flexibility index (Phi) is 2.96. The number of hydrogen-bond donors (Lipinski definition) is 2. The zero-order chi connectivity index (χ0) is 10.7. The fraction of sp³-hybridized carbons (Fsp3) is 0.300. The van der Waals surface area contributed by atoms with Gasteiger partial charge in [-0.15, -0.1) is 0 Å². The predicted octanol–water partition coefficient (Wildman–Crippen LogP) is 1.15. The van der Waals surface area contributed by atoms with E-state index in [1.54, 1.807) is 12.1 Å². The Morgan fingerprint density at radius 3 is 2.50 bits per heavy atom. The first kappa shape index (κ1) is 10.4. The lowest BCUT2D eigenvalue weighted by atomic mass is 10.2. The number of primary amides is 1. The summed E-state index contributed by atoms with van der Waals surface area (Å²) in [5.74, 6) is 0.0813. The van der Waals surface area contributed by atoms with Crippen LogP contribution in [-0.2, 0) is 0 Å². The summed E-state index contributed by atoms with van der Waals surface area (Å²) in [5, 5.41) is 0. The topological polar surface area (TPSA) is 78.3 Å². The molecule has 0 atom stereocenters. The molecule has 0 fully saturated rings. The third-order valence-electron chi connectivity index (χ3n) is 1.66. The van der Waals surface area contributed by atoms with E-state index in [-0.39, 0.29) is 6.10 Å². The van der Waals surface area contributed by atoms with E-state index < -0.39 is 5.91 Å². The number of carbonyl (C=O) groups excluding carboxylic acids is 1. The summed E-state index contributed by atoms with van der Waals surface area (Å²) >= 11 is 0. The summed E-state index contributed by atoms with van der Waals surface area (Å²) in [4.78, 5) is 10.8. The number of hydrogen-bond acceptors (Lipinski definition) is 3. The first-order chi connectivity index (χ1) is 6.50. The van der Waals surface area contributed by atoms with Crippen LogP contribution in [0.25, 0.3) is 0 Å². The number of ether oxygens (including phenoxy) is 1. The number of carbonyl (C=O) groups is 1. The van der Waals surface area contributed by atoms with Gasteiger partial charge in [-0.25, -0.2) is 0 Å². The van der Waals surface area contributed by atoms with Crippen molar-refractivity contribution in [3.05, 3.63) is 23.8 Å². The Balaban J connectivity index is 2.95. The first-order valence-corrected chi connectivity index (χ1v) is 4.36. The van der Waals surface area contributed by atoms with E-state index in [9.17, 15) is 4.79 Å². The molecule has 4 N–H and O–H groups in total. The van der Waals surface area contributed by atoms with E-state index >= 15 is 0 Å².